The van der Waals surface area contributed by atoms with Crippen LogP contribution in [0.15, 0.2) is 78.9 Å². The highest BCUT2D eigenvalue weighted by Crippen LogP contribution is 2.30. The molecule has 4 nitrogen and oxygen atoms in total. The van der Waals surface area contributed by atoms with Gasteiger partial charge in [0.25, 0.3) is 0 Å². The Morgan fingerprint density at radius 2 is 1.56 bits per heavy atom. The molecule has 0 atom stereocenters. The Balaban J connectivity index is 1.72. The van der Waals surface area contributed by atoms with Crippen LogP contribution < -0.4 is 10.5 Å². The predicted octanol–water partition coefficient (Wildman–Crippen LogP) is 4.70. The van der Waals surface area contributed by atoms with Crippen LogP contribution in [0.5, 0.6) is 5.75 Å². The molecule has 0 heterocycles. The maximum Gasteiger partial charge on any atom is 0.165 e. The molecule has 0 radical (unpaired) electrons. The molecule has 3 N–H and O–H groups in total. The molecule has 0 spiro atoms. The summed E-state index contributed by atoms with van der Waals surface area (Å²) in [7, 11) is 0. The second kappa shape index (κ2) is 6.92. The first-order chi connectivity index (χ1) is 13.1. The zero-order valence-electron chi connectivity index (χ0n) is 14.6. The molecule has 1 aliphatic carbocycles. The third-order valence-electron chi connectivity index (χ3n) is 4.44. The Kier molecular flexibility index (Phi) is 4.30. The first-order valence-corrected chi connectivity index (χ1v) is 8.66. The minimum absolute atomic E-state index is 0.0766. The van der Waals surface area contributed by atoms with E-state index in [9.17, 15) is 4.79 Å². The zero-order chi connectivity index (χ0) is 18.8. The molecule has 4 rings (SSSR count). The molecule has 0 aliphatic heterocycles. The number of hydrogen-bond donors (Lipinski definition) is 2. The van der Waals surface area contributed by atoms with Crippen molar-refractivity contribution in [3.63, 3.8) is 0 Å². The van der Waals surface area contributed by atoms with Crippen molar-refractivity contribution < 1.29 is 9.53 Å². The van der Waals surface area contributed by atoms with Gasteiger partial charge < -0.3 is 15.9 Å². The Labute approximate surface area is 157 Å². The van der Waals surface area contributed by atoms with Crippen LogP contribution in [-0.4, -0.2) is 11.5 Å². The van der Waals surface area contributed by atoms with Gasteiger partial charge in [0.2, 0.25) is 0 Å². The molecular formula is C23H18N2O2. The zero-order valence-corrected chi connectivity index (χ0v) is 14.6. The summed E-state index contributed by atoms with van der Waals surface area (Å²) in [6.07, 6.45) is 1.56. The fraction of sp³-hybridized carbons (Fsp3) is 0.0435. The van der Waals surface area contributed by atoms with E-state index in [-0.39, 0.29) is 12.2 Å². The number of anilines is 1. The molecule has 132 valence electrons. The van der Waals surface area contributed by atoms with Gasteiger partial charge in [-0.1, -0.05) is 48.5 Å². The minimum Gasteiger partial charge on any atom is -0.457 e. The van der Waals surface area contributed by atoms with Crippen molar-refractivity contribution in [2.75, 3.05) is 5.73 Å². The van der Waals surface area contributed by atoms with Crippen LogP contribution in [0, 0.1) is 5.41 Å². The lowest BCUT2D eigenvalue weighted by atomic mass is 10.0. The summed E-state index contributed by atoms with van der Waals surface area (Å²) >= 11 is 0. The van der Waals surface area contributed by atoms with Gasteiger partial charge >= 0.3 is 0 Å². The van der Waals surface area contributed by atoms with Crippen molar-refractivity contribution in [1.82, 2.24) is 0 Å². The van der Waals surface area contributed by atoms with E-state index in [4.69, 9.17) is 15.9 Å². The number of ketones is 1. The van der Waals surface area contributed by atoms with Crippen molar-refractivity contribution in [1.29, 1.82) is 5.41 Å². The van der Waals surface area contributed by atoms with Gasteiger partial charge in [-0.3, -0.25) is 4.79 Å². The highest BCUT2D eigenvalue weighted by atomic mass is 16.5. The maximum absolute atomic E-state index is 12.2. The number of nitrogen functional groups attached to an aromatic ring is 1. The summed E-state index contributed by atoms with van der Waals surface area (Å²) in [6.45, 7) is 0. The average molecular weight is 354 g/mol. The highest BCUT2D eigenvalue weighted by Gasteiger charge is 2.20. The molecule has 0 aromatic heterocycles. The lowest BCUT2D eigenvalue weighted by Gasteiger charge is -2.13. The number of rotatable bonds is 3. The van der Waals surface area contributed by atoms with E-state index in [0.717, 1.165) is 22.3 Å². The average Bonchev–Trinajstić information content (AvgIpc) is 2.78. The third-order valence-corrected chi connectivity index (χ3v) is 4.44. The van der Waals surface area contributed by atoms with Crippen LogP contribution in [0.4, 0.5) is 5.69 Å². The first-order valence-electron chi connectivity index (χ1n) is 8.66. The summed E-state index contributed by atoms with van der Waals surface area (Å²) in [5.41, 5.74) is 10.3. The van der Waals surface area contributed by atoms with E-state index in [0.29, 0.717) is 22.9 Å². The Morgan fingerprint density at radius 1 is 0.852 bits per heavy atom. The minimum atomic E-state index is -0.141. The topological polar surface area (TPSA) is 76.2 Å². The number of carbonyl (C=O) groups is 1. The second-order valence-electron chi connectivity index (χ2n) is 6.43. The SMILES string of the molecule is N=C1CC(=O)C=C(Oc2cccc(-c3cccc(N)c3)c2)c2ccccc21. The monoisotopic (exact) mass is 354 g/mol. The van der Waals surface area contributed by atoms with Gasteiger partial charge in [-0.25, -0.2) is 0 Å². The van der Waals surface area contributed by atoms with Crippen molar-refractivity contribution in [2.24, 2.45) is 0 Å². The number of nitrogens with two attached hydrogens (primary N) is 1. The van der Waals surface area contributed by atoms with Crippen molar-refractivity contribution in [2.45, 2.75) is 6.42 Å². The van der Waals surface area contributed by atoms with Crippen LogP contribution in [0.3, 0.4) is 0 Å². The van der Waals surface area contributed by atoms with E-state index in [1.807, 2.05) is 72.8 Å². The quantitative estimate of drug-likeness (QED) is 0.670. The van der Waals surface area contributed by atoms with Gasteiger partial charge in [0, 0.05) is 28.6 Å². The standard InChI is InChI=1S/C23H18N2O2/c24-17-7-3-5-15(11-17)16-6-4-8-19(12-16)27-23-14-18(26)13-22(25)20-9-1-2-10-21(20)23/h1-12,14,25H,13,24H2. The van der Waals surface area contributed by atoms with Crippen LogP contribution in [0.1, 0.15) is 17.5 Å². The Bertz CT molecular complexity index is 1080. The number of allylic oxidation sites excluding steroid dienone is 1. The van der Waals surface area contributed by atoms with Crippen molar-refractivity contribution in [3.05, 3.63) is 90.0 Å². The molecular weight excluding hydrogens is 336 g/mol. The van der Waals surface area contributed by atoms with Gasteiger partial charge in [-0.2, -0.15) is 0 Å². The van der Waals surface area contributed by atoms with E-state index in [1.54, 1.807) is 0 Å². The van der Waals surface area contributed by atoms with Gasteiger partial charge in [0.05, 0.1) is 6.42 Å². The van der Waals surface area contributed by atoms with Crippen LogP contribution in [0.25, 0.3) is 16.9 Å². The summed E-state index contributed by atoms with van der Waals surface area (Å²) in [5, 5.41) is 8.16. The summed E-state index contributed by atoms with van der Waals surface area (Å²) in [5.74, 6) is 0.943. The molecule has 0 fully saturated rings. The lowest BCUT2D eigenvalue weighted by Crippen LogP contribution is -2.04. The maximum atomic E-state index is 12.2. The molecule has 4 heteroatoms. The summed E-state index contributed by atoms with van der Waals surface area (Å²) in [4.78, 5) is 12.2. The largest absolute Gasteiger partial charge is 0.457 e. The normalized spacial score (nSPS) is 13.6. The number of carbonyl (C=O) groups excluding carboxylic acids is 1. The van der Waals surface area contributed by atoms with Crippen LogP contribution in [-0.2, 0) is 4.79 Å². The number of benzene rings is 3. The van der Waals surface area contributed by atoms with E-state index < -0.39 is 0 Å². The van der Waals surface area contributed by atoms with Gasteiger partial charge in [0.15, 0.2) is 5.78 Å². The van der Waals surface area contributed by atoms with E-state index >= 15 is 0 Å². The molecule has 1 aliphatic rings. The molecule has 0 saturated heterocycles. The molecule has 0 bridgehead atoms. The number of fused-ring (bicyclic) bond motifs is 1. The fourth-order valence-corrected chi connectivity index (χ4v) is 3.17. The molecule has 3 aromatic rings. The van der Waals surface area contributed by atoms with Crippen molar-refractivity contribution >= 4 is 22.9 Å². The molecule has 0 amide bonds. The number of hydrogen-bond acceptors (Lipinski definition) is 4. The predicted molar refractivity (Wildman–Crippen MR) is 108 cm³/mol. The molecule has 27 heavy (non-hydrogen) atoms. The fourth-order valence-electron chi connectivity index (χ4n) is 3.17. The van der Waals surface area contributed by atoms with E-state index in [2.05, 4.69) is 0 Å². The second-order valence-corrected chi connectivity index (χ2v) is 6.43. The smallest absolute Gasteiger partial charge is 0.165 e. The Hall–Kier alpha value is -3.66. The lowest BCUT2D eigenvalue weighted by molar-refractivity contribution is -0.113. The highest BCUT2D eigenvalue weighted by molar-refractivity contribution is 6.18. The van der Waals surface area contributed by atoms with E-state index in [1.165, 1.54) is 6.08 Å². The molecule has 0 saturated carbocycles. The van der Waals surface area contributed by atoms with Crippen LogP contribution >= 0.6 is 0 Å². The molecule has 0 unspecified atom stereocenters. The summed E-state index contributed by atoms with van der Waals surface area (Å²) in [6, 6.07) is 22.8. The first kappa shape index (κ1) is 16.8. The third kappa shape index (κ3) is 3.51. The van der Waals surface area contributed by atoms with Gasteiger partial charge in [0.1, 0.15) is 11.5 Å². The number of nitrogens with one attached hydrogen (secondary N) is 1. The van der Waals surface area contributed by atoms with Crippen LogP contribution in [0.2, 0.25) is 0 Å². The number of ether oxygens (including phenoxy) is 1. The van der Waals surface area contributed by atoms with Gasteiger partial charge in [-0.15, -0.1) is 0 Å². The van der Waals surface area contributed by atoms with Gasteiger partial charge in [-0.05, 0) is 35.4 Å². The molecule has 3 aromatic carbocycles. The van der Waals surface area contributed by atoms with Crippen molar-refractivity contribution in [3.8, 4) is 16.9 Å². The Morgan fingerprint density at radius 3 is 2.33 bits per heavy atom. The summed E-state index contributed by atoms with van der Waals surface area (Å²) < 4.78 is 6.09.